The predicted molar refractivity (Wildman–Crippen MR) is 105 cm³/mol. The monoisotopic (exact) mass is 487 g/mol. The molecule has 0 amide bonds. The maximum absolute atomic E-state index is 12.0. The largest absolute Gasteiger partial charge is 0.411 e. The molecule has 1 fully saturated rings. The lowest BCUT2D eigenvalue weighted by molar-refractivity contribution is -0.176. The standard InChI is InChI=1S/C17H24F3N3O2.HI/c1-16(10-25-11-16)9-23-15(21-2)22-7-13-3-5-14(6-4-13)8-24-12-17(18,19)20;/h3-6H,7-12H2,1-2H3,(H2,21,22,23);1H. The molecule has 26 heavy (non-hydrogen) atoms. The summed E-state index contributed by atoms with van der Waals surface area (Å²) in [4.78, 5) is 4.17. The molecule has 0 bridgehead atoms. The summed E-state index contributed by atoms with van der Waals surface area (Å²) in [5, 5.41) is 6.47. The fourth-order valence-electron chi connectivity index (χ4n) is 2.29. The van der Waals surface area contributed by atoms with Crippen molar-refractivity contribution in [3.05, 3.63) is 35.4 Å². The second-order valence-corrected chi connectivity index (χ2v) is 6.51. The van der Waals surface area contributed by atoms with Crippen molar-refractivity contribution in [2.24, 2.45) is 10.4 Å². The molecule has 1 aliphatic heterocycles. The summed E-state index contributed by atoms with van der Waals surface area (Å²) in [5.41, 5.74) is 1.85. The molecule has 1 saturated heterocycles. The SMILES string of the molecule is CN=C(NCc1ccc(COCC(F)(F)F)cc1)NCC1(C)COC1.I. The third-order valence-electron chi connectivity index (χ3n) is 3.82. The average Bonchev–Trinajstić information content (AvgIpc) is 2.53. The van der Waals surface area contributed by atoms with Crippen LogP contribution in [0.3, 0.4) is 0 Å². The van der Waals surface area contributed by atoms with Gasteiger partial charge in [-0.05, 0) is 11.1 Å². The Labute approximate surface area is 168 Å². The fourth-order valence-corrected chi connectivity index (χ4v) is 2.29. The molecule has 0 radical (unpaired) electrons. The molecule has 0 aromatic heterocycles. The minimum atomic E-state index is -4.30. The van der Waals surface area contributed by atoms with Gasteiger partial charge in [0, 0.05) is 25.6 Å². The van der Waals surface area contributed by atoms with Gasteiger partial charge in [-0.25, -0.2) is 0 Å². The maximum Gasteiger partial charge on any atom is 0.411 e. The smallest absolute Gasteiger partial charge is 0.380 e. The Hall–Kier alpha value is -1.07. The number of hydrogen-bond acceptors (Lipinski definition) is 3. The van der Waals surface area contributed by atoms with Crippen molar-refractivity contribution in [2.75, 3.05) is 33.4 Å². The number of nitrogens with zero attached hydrogens (tertiary/aromatic N) is 1. The summed E-state index contributed by atoms with van der Waals surface area (Å²) in [6.07, 6.45) is -4.30. The molecule has 148 valence electrons. The molecule has 0 spiro atoms. The van der Waals surface area contributed by atoms with Gasteiger partial charge in [-0.15, -0.1) is 24.0 Å². The van der Waals surface area contributed by atoms with E-state index in [1.54, 1.807) is 19.2 Å². The van der Waals surface area contributed by atoms with E-state index in [1.807, 2.05) is 12.1 Å². The summed E-state index contributed by atoms with van der Waals surface area (Å²) in [6.45, 7) is 3.69. The third kappa shape index (κ3) is 8.09. The van der Waals surface area contributed by atoms with Crippen LogP contribution in [0.1, 0.15) is 18.1 Å². The number of hydrogen-bond donors (Lipinski definition) is 2. The van der Waals surface area contributed by atoms with Crippen molar-refractivity contribution in [1.82, 2.24) is 10.6 Å². The van der Waals surface area contributed by atoms with Gasteiger partial charge in [0.2, 0.25) is 0 Å². The fraction of sp³-hybridized carbons (Fsp3) is 0.588. The van der Waals surface area contributed by atoms with E-state index in [0.29, 0.717) is 18.1 Å². The van der Waals surface area contributed by atoms with E-state index in [9.17, 15) is 13.2 Å². The topological polar surface area (TPSA) is 54.9 Å². The Balaban J connectivity index is 0.00000338. The zero-order valence-electron chi connectivity index (χ0n) is 14.9. The number of rotatable bonds is 7. The zero-order chi connectivity index (χ0) is 18.3. The minimum Gasteiger partial charge on any atom is -0.380 e. The van der Waals surface area contributed by atoms with Gasteiger partial charge in [-0.3, -0.25) is 4.99 Å². The van der Waals surface area contributed by atoms with Crippen molar-refractivity contribution in [1.29, 1.82) is 0 Å². The Morgan fingerprint density at radius 3 is 2.31 bits per heavy atom. The van der Waals surface area contributed by atoms with E-state index in [-0.39, 0.29) is 36.0 Å². The zero-order valence-corrected chi connectivity index (χ0v) is 17.2. The molecule has 0 aliphatic carbocycles. The highest BCUT2D eigenvalue weighted by molar-refractivity contribution is 14.0. The van der Waals surface area contributed by atoms with Gasteiger partial charge < -0.3 is 20.1 Å². The van der Waals surface area contributed by atoms with Gasteiger partial charge in [0.1, 0.15) is 6.61 Å². The second kappa shape index (κ2) is 10.3. The summed E-state index contributed by atoms with van der Waals surface area (Å²) in [5.74, 6) is 0.700. The highest BCUT2D eigenvalue weighted by Gasteiger charge is 2.33. The number of halogens is 4. The molecule has 0 atom stereocenters. The number of guanidine groups is 1. The molecule has 1 aromatic carbocycles. The van der Waals surface area contributed by atoms with Gasteiger partial charge in [0.05, 0.1) is 19.8 Å². The first-order chi connectivity index (χ1) is 11.8. The van der Waals surface area contributed by atoms with Gasteiger partial charge in [0.25, 0.3) is 0 Å². The quantitative estimate of drug-likeness (QED) is 0.353. The molecule has 1 heterocycles. The highest BCUT2D eigenvalue weighted by Crippen LogP contribution is 2.24. The van der Waals surface area contributed by atoms with E-state index in [1.165, 1.54) is 0 Å². The van der Waals surface area contributed by atoms with Gasteiger partial charge in [0.15, 0.2) is 5.96 Å². The summed E-state index contributed by atoms with van der Waals surface area (Å²) >= 11 is 0. The number of benzene rings is 1. The molecule has 0 unspecified atom stereocenters. The van der Waals surface area contributed by atoms with Crippen LogP contribution in [0.5, 0.6) is 0 Å². The van der Waals surface area contributed by atoms with Gasteiger partial charge in [-0.1, -0.05) is 31.2 Å². The number of nitrogens with one attached hydrogen (secondary N) is 2. The van der Waals surface area contributed by atoms with Crippen LogP contribution >= 0.6 is 24.0 Å². The van der Waals surface area contributed by atoms with E-state index in [0.717, 1.165) is 25.3 Å². The Bertz CT molecular complexity index is 576. The van der Waals surface area contributed by atoms with Gasteiger partial charge in [-0.2, -0.15) is 13.2 Å². The average molecular weight is 487 g/mol. The summed E-state index contributed by atoms with van der Waals surface area (Å²) < 4.78 is 46.0. The van der Waals surface area contributed by atoms with Crippen LogP contribution in [-0.4, -0.2) is 45.5 Å². The second-order valence-electron chi connectivity index (χ2n) is 6.51. The molecule has 0 saturated carbocycles. The molecule has 9 heteroatoms. The molecule has 2 rings (SSSR count). The van der Waals surface area contributed by atoms with Crippen molar-refractivity contribution in [3.63, 3.8) is 0 Å². The van der Waals surface area contributed by atoms with Gasteiger partial charge >= 0.3 is 6.18 Å². The van der Waals surface area contributed by atoms with Crippen LogP contribution < -0.4 is 10.6 Å². The first kappa shape index (κ1) is 23.0. The molecule has 1 aromatic rings. The van der Waals surface area contributed by atoms with Crippen LogP contribution in [0.15, 0.2) is 29.3 Å². The van der Waals surface area contributed by atoms with E-state index in [4.69, 9.17) is 4.74 Å². The van der Waals surface area contributed by atoms with Crippen LogP contribution in [0.2, 0.25) is 0 Å². The molecule has 2 N–H and O–H groups in total. The first-order valence-electron chi connectivity index (χ1n) is 8.04. The van der Waals surface area contributed by atoms with Crippen LogP contribution in [0, 0.1) is 5.41 Å². The number of alkyl halides is 3. The molecular weight excluding hydrogens is 462 g/mol. The lowest BCUT2D eigenvalue weighted by Gasteiger charge is -2.38. The van der Waals surface area contributed by atoms with E-state index < -0.39 is 12.8 Å². The van der Waals surface area contributed by atoms with Crippen LogP contribution in [0.4, 0.5) is 13.2 Å². The first-order valence-corrected chi connectivity index (χ1v) is 8.04. The molecule has 5 nitrogen and oxygen atoms in total. The third-order valence-corrected chi connectivity index (χ3v) is 3.82. The molecule has 1 aliphatic rings. The Morgan fingerprint density at radius 1 is 1.19 bits per heavy atom. The summed E-state index contributed by atoms with van der Waals surface area (Å²) in [6, 6.07) is 7.23. The Morgan fingerprint density at radius 2 is 1.81 bits per heavy atom. The summed E-state index contributed by atoms with van der Waals surface area (Å²) in [7, 11) is 1.70. The molecular formula is C17H25F3IN3O2. The number of aliphatic imine (C=N–C) groups is 1. The minimum absolute atomic E-state index is 0. The lowest BCUT2D eigenvalue weighted by Crippen LogP contribution is -2.50. The van der Waals surface area contributed by atoms with Crippen molar-refractivity contribution < 1.29 is 22.6 Å². The maximum atomic E-state index is 12.0. The predicted octanol–water partition coefficient (Wildman–Crippen LogP) is 3.09. The lowest BCUT2D eigenvalue weighted by atomic mass is 9.89. The van der Waals surface area contributed by atoms with Crippen LogP contribution in [0.25, 0.3) is 0 Å². The normalized spacial score (nSPS) is 16.4. The highest BCUT2D eigenvalue weighted by atomic mass is 127. The van der Waals surface area contributed by atoms with Crippen molar-refractivity contribution in [2.45, 2.75) is 26.3 Å². The van der Waals surface area contributed by atoms with Crippen molar-refractivity contribution in [3.8, 4) is 0 Å². The Kier molecular flexibility index (Phi) is 9.11. The van der Waals surface area contributed by atoms with E-state index in [2.05, 4.69) is 27.3 Å². The van der Waals surface area contributed by atoms with Crippen LogP contribution in [-0.2, 0) is 22.6 Å². The van der Waals surface area contributed by atoms with Crippen molar-refractivity contribution >= 4 is 29.9 Å². The van der Waals surface area contributed by atoms with E-state index >= 15 is 0 Å². The number of ether oxygens (including phenoxy) is 2.